The van der Waals surface area contributed by atoms with Crippen LogP contribution >= 0.6 is 0 Å². The van der Waals surface area contributed by atoms with Gasteiger partial charge in [-0.2, -0.15) is 0 Å². The molecular weight excluding hydrogens is 318 g/mol. The summed E-state index contributed by atoms with van der Waals surface area (Å²) >= 11 is 0. The number of benzene rings is 2. The van der Waals surface area contributed by atoms with E-state index < -0.39 is 0 Å². The van der Waals surface area contributed by atoms with Crippen molar-refractivity contribution in [3.05, 3.63) is 65.4 Å². The van der Waals surface area contributed by atoms with Crippen LogP contribution in [0.2, 0.25) is 0 Å². The molecule has 1 N–H and O–H groups in total. The zero-order chi connectivity index (χ0) is 17.5. The number of nitrogens with zero attached hydrogens (tertiary/aromatic N) is 2. The number of nitrogens with one attached hydrogen (secondary N) is 1. The molecule has 1 aliphatic heterocycles. The third-order valence-corrected chi connectivity index (χ3v) is 5.84. The molecule has 3 nitrogen and oxygen atoms in total. The standard InChI is InChI=1S/C23H25N3/c1-16-14-23(26-12-4-5-13-26)20-10-9-18(15-22(20)24-16)25-21-11-8-17-6-2-3-7-19(17)21/h2-3,6-7,9-10,14-15,21,25H,4-5,8,11-13H2,1H3. The molecule has 0 amide bonds. The number of anilines is 2. The van der Waals surface area contributed by atoms with Gasteiger partial charge in [-0.3, -0.25) is 4.98 Å². The van der Waals surface area contributed by atoms with Crippen LogP contribution in [0.5, 0.6) is 0 Å². The Morgan fingerprint density at radius 3 is 2.77 bits per heavy atom. The van der Waals surface area contributed by atoms with Gasteiger partial charge in [0.2, 0.25) is 0 Å². The van der Waals surface area contributed by atoms with Crippen molar-refractivity contribution >= 4 is 22.3 Å². The molecule has 1 fully saturated rings. The van der Waals surface area contributed by atoms with Crippen LogP contribution in [0.15, 0.2) is 48.5 Å². The minimum absolute atomic E-state index is 0.409. The van der Waals surface area contributed by atoms with Gasteiger partial charge in [-0.25, -0.2) is 0 Å². The van der Waals surface area contributed by atoms with Crippen LogP contribution in [0.3, 0.4) is 0 Å². The lowest BCUT2D eigenvalue weighted by molar-refractivity contribution is 0.762. The second-order valence-corrected chi connectivity index (χ2v) is 7.64. The lowest BCUT2D eigenvalue weighted by atomic mass is 10.1. The Kier molecular flexibility index (Phi) is 3.81. The van der Waals surface area contributed by atoms with E-state index in [2.05, 4.69) is 65.7 Å². The Balaban J connectivity index is 1.49. The van der Waals surface area contributed by atoms with Crippen LogP contribution in [0.1, 0.15) is 42.1 Å². The van der Waals surface area contributed by atoms with E-state index in [0.29, 0.717) is 6.04 Å². The maximum atomic E-state index is 4.82. The monoisotopic (exact) mass is 343 g/mol. The molecule has 26 heavy (non-hydrogen) atoms. The van der Waals surface area contributed by atoms with E-state index in [1.807, 2.05) is 0 Å². The number of rotatable bonds is 3. The third-order valence-electron chi connectivity index (χ3n) is 5.84. The average molecular weight is 343 g/mol. The normalized spacial score (nSPS) is 19.1. The van der Waals surface area contributed by atoms with Gasteiger partial charge in [-0.15, -0.1) is 0 Å². The Hall–Kier alpha value is -2.55. The van der Waals surface area contributed by atoms with Crippen LogP contribution < -0.4 is 10.2 Å². The van der Waals surface area contributed by atoms with Crippen molar-refractivity contribution in [2.75, 3.05) is 23.3 Å². The van der Waals surface area contributed by atoms with Crippen molar-refractivity contribution in [2.45, 2.75) is 38.6 Å². The molecule has 1 atom stereocenters. The number of aromatic nitrogens is 1. The molecule has 2 heterocycles. The molecule has 0 saturated carbocycles. The van der Waals surface area contributed by atoms with E-state index in [4.69, 9.17) is 4.98 Å². The number of hydrogen-bond acceptors (Lipinski definition) is 3. The second kappa shape index (κ2) is 6.31. The summed E-state index contributed by atoms with van der Waals surface area (Å²) in [5.74, 6) is 0. The van der Waals surface area contributed by atoms with Crippen molar-refractivity contribution < 1.29 is 0 Å². The molecule has 0 spiro atoms. The molecule has 1 aliphatic carbocycles. The molecule has 2 aliphatic rings. The molecule has 5 rings (SSSR count). The predicted molar refractivity (Wildman–Crippen MR) is 109 cm³/mol. The highest BCUT2D eigenvalue weighted by molar-refractivity contribution is 5.94. The van der Waals surface area contributed by atoms with Crippen molar-refractivity contribution in [1.29, 1.82) is 0 Å². The minimum Gasteiger partial charge on any atom is -0.378 e. The van der Waals surface area contributed by atoms with Crippen LogP contribution in [0.25, 0.3) is 10.9 Å². The summed E-state index contributed by atoms with van der Waals surface area (Å²) in [6.07, 6.45) is 4.92. The first-order valence-corrected chi connectivity index (χ1v) is 9.79. The summed E-state index contributed by atoms with van der Waals surface area (Å²) in [4.78, 5) is 7.33. The highest BCUT2D eigenvalue weighted by Gasteiger charge is 2.22. The molecule has 1 aromatic heterocycles. The van der Waals surface area contributed by atoms with Gasteiger partial charge in [-0.1, -0.05) is 24.3 Å². The van der Waals surface area contributed by atoms with Crippen LogP contribution in [0, 0.1) is 6.92 Å². The number of aryl methyl sites for hydroxylation is 2. The van der Waals surface area contributed by atoms with E-state index in [0.717, 1.165) is 37.1 Å². The molecule has 1 saturated heterocycles. The molecule has 1 unspecified atom stereocenters. The Morgan fingerprint density at radius 2 is 1.88 bits per heavy atom. The topological polar surface area (TPSA) is 28.2 Å². The van der Waals surface area contributed by atoms with Crippen molar-refractivity contribution in [1.82, 2.24) is 4.98 Å². The molecule has 0 radical (unpaired) electrons. The van der Waals surface area contributed by atoms with Gasteiger partial charge >= 0.3 is 0 Å². The smallest absolute Gasteiger partial charge is 0.0746 e. The van der Waals surface area contributed by atoms with Gasteiger partial charge in [0.1, 0.15) is 0 Å². The molecular formula is C23H25N3. The fourth-order valence-electron chi connectivity index (χ4n) is 4.56. The summed E-state index contributed by atoms with van der Waals surface area (Å²) in [6.45, 7) is 4.43. The SMILES string of the molecule is Cc1cc(N2CCCC2)c2ccc(NC3CCc4ccccc43)cc2n1. The van der Waals surface area contributed by atoms with Gasteiger partial charge in [0, 0.05) is 35.5 Å². The summed E-state index contributed by atoms with van der Waals surface area (Å²) in [5, 5.41) is 5.02. The highest BCUT2D eigenvalue weighted by atomic mass is 15.1. The van der Waals surface area contributed by atoms with Crippen LogP contribution in [0.4, 0.5) is 11.4 Å². The van der Waals surface area contributed by atoms with E-state index >= 15 is 0 Å². The van der Waals surface area contributed by atoms with Crippen LogP contribution in [-0.2, 0) is 6.42 Å². The van der Waals surface area contributed by atoms with Gasteiger partial charge in [-0.05, 0) is 68.0 Å². The second-order valence-electron chi connectivity index (χ2n) is 7.64. The number of pyridine rings is 1. The Bertz CT molecular complexity index is 957. The van der Waals surface area contributed by atoms with Gasteiger partial charge in [0.25, 0.3) is 0 Å². The van der Waals surface area contributed by atoms with E-state index in [1.54, 1.807) is 0 Å². The first kappa shape index (κ1) is 15.7. The summed E-state index contributed by atoms with van der Waals surface area (Å²) in [6, 6.07) is 18.2. The van der Waals surface area contributed by atoms with E-state index in [-0.39, 0.29) is 0 Å². The summed E-state index contributed by atoms with van der Waals surface area (Å²) in [5.41, 5.74) is 7.65. The molecule has 3 heteroatoms. The van der Waals surface area contributed by atoms with Crippen molar-refractivity contribution in [3.8, 4) is 0 Å². The molecule has 0 bridgehead atoms. The Morgan fingerprint density at radius 1 is 1.04 bits per heavy atom. The van der Waals surface area contributed by atoms with Gasteiger partial charge in [0.05, 0.1) is 11.6 Å². The molecule has 3 aromatic rings. The summed E-state index contributed by atoms with van der Waals surface area (Å²) < 4.78 is 0. The van der Waals surface area contributed by atoms with Crippen molar-refractivity contribution in [3.63, 3.8) is 0 Å². The molecule has 2 aromatic carbocycles. The first-order chi connectivity index (χ1) is 12.8. The quantitative estimate of drug-likeness (QED) is 0.704. The Labute approximate surface area is 155 Å². The maximum Gasteiger partial charge on any atom is 0.0746 e. The maximum absolute atomic E-state index is 4.82. The van der Waals surface area contributed by atoms with Gasteiger partial charge in [0.15, 0.2) is 0 Å². The lowest BCUT2D eigenvalue weighted by Gasteiger charge is -2.21. The lowest BCUT2D eigenvalue weighted by Crippen LogP contribution is -2.18. The predicted octanol–water partition coefficient (Wildman–Crippen LogP) is 5.24. The summed E-state index contributed by atoms with van der Waals surface area (Å²) in [7, 11) is 0. The fourth-order valence-corrected chi connectivity index (χ4v) is 4.56. The zero-order valence-electron chi connectivity index (χ0n) is 15.3. The average Bonchev–Trinajstić information content (AvgIpc) is 3.31. The number of hydrogen-bond donors (Lipinski definition) is 1. The fraction of sp³-hybridized carbons (Fsp3) is 0.348. The molecule has 132 valence electrons. The number of fused-ring (bicyclic) bond motifs is 2. The first-order valence-electron chi connectivity index (χ1n) is 9.79. The zero-order valence-corrected chi connectivity index (χ0v) is 15.3. The highest BCUT2D eigenvalue weighted by Crippen LogP contribution is 2.35. The van der Waals surface area contributed by atoms with Crippen molar-refractivity contribution in [2.24, 2.45) is 0 Å². The minimum atomic E-state index is 0.409. The third kappa shape index (κ3) is 2.72. The van der Waals surface area contributed by atoms with Gasteiger partial charge < -0.3 is 10.2 Å². The van der Waals surface area contributed by atoms with E-state index in [1.165, 1.54) is 40.7 Å². The van der Waals surface area contributed by atoms with E-state index in [9.17, 15) is 0 Å². The largest absolute Gasteiger partial charge is 0.378 e. The van der Waals surface area contributed by atoms with Crippen LogP contribution in [-0.4, -0.2) is 18.1 Å².